The van der Waals surface area contributed by atoms with Crippen LogP contribution in [0, 0.1) is 25.5 Å². The molecule has 0 saturated carbocycles. The summed E-state index contributed by atoms with van der Waals surface area (Å²) in [6.45, 7) is 6.96. The average Bonchev–Trinajstić information content (AvgIpc) is 2.39. The Morgan fingerprint density at radius 1 is 1.10 bits per heavy atom. The Hall–Kier alpha value is -1.46. The van der Waals surface area contributed by atoms with E-state index in [9.17, 15) is 8.78 Å². The number of aromatic nitrogens is 1. The molecule has 0 unspecified atom stereocenters. The lowest BCUT2D eigenvalue weighted by Crippen LogP contribution is -2.12. The molecule has 0 bridgehead atoms. The van der Waals surface area contributed by atoms with Gasteiger partial charge in [0.05, 0.1) is 4.90 Å². The zero-order chi connectivity index (χ0) is 15.4. The first-order chi connectivity index (χ1) is 9.99. The van der Waals surface area contributed by atoms with Gasteiger partial charge in [-0.1, -0.05) is 18.7 Å². The molecule has 0 radical (unpaired) electrons. The van der Waals surface area contributed by atoms with E-state index in [0.717, 1.165) is 29.6 Å². The van der Waals surface area contributed by atoms with Crippen molar-refractivity contribution in [1.29, 1.82) is 0 Å². The van der Waals surface area contributed by atoms with Crippen molar-refractivity contribution < 1.29 is 8.78 Å². The fourth-order valence-electron chi connectivity index (χ4n) is 2.04. The monoisotopic (exact) mass is 308 g/mol. The van der Waals surface area contributed by atoms with Crippen LogP contribution in [0.2, 0.25) is 0 Å². The van der Waals surface area contributed by atoms with Crippen molar-refractivity contribution in [2.75, 3.05) is 6.54 Å². The predicted octanol–water partition coefficient (Wildman–Crippen LogP) is 4.24. The minimum Gasteiger partial charge on any atom is -0.313 e. The van der Waals surface area contributed by atoms with Crippen molar-refractivity contribution in [2.24, 2.45) is 0 Å². The third kappa shape index (κ3) is 4.25. The van der Waals surface area contributed by atoms with Crippen LogP contribution >= 0.6 is 11.8 Å². The molecule has 0 aliphatic rings. The number of benzene rings is 1. The summed E-state index contributed by atoms with van der Waals surface area (Å²) in [4.78, 5) is 4.29. The van der Waals surface area contributed by atoms with Crippen LogP contribution in [-0.4, -0.2) is 11.5 Å². The summed E-state index contributed by atoms with van der Waals surface area (Å²) in [6.07, 6.45) is 0. The quantitative estimate of drug-likeness (QED) is 0.894. The van der Waals surface area contributed by atoms with Gasteiger partial charge in [-0.25, -0.2) is 13.8 Å². The van der Waals surface area contributed by atoms with E-state index in [1.165, 1.54) is 12.1 Å². The van der Waals surface area contributed by atoms with E-state index in [0.29, 0.717) is 17.1 Å². The Balaban J connectivity index is 2.27. The third-order valence-electron chi connectivity index (χ3n) is 2.92. The molecule has 1 N–H and O–H groups in total. The Morgan fingerprint density at radius 2 is 1.76 bits per heavy atom. The third-order valence-corrected chi connectivity index (χ3v) is 3.93. The summed E-state index contributed by atoms with van der Waals surface area (Å²) in [7, 11) is 0. The van der Waals surface area contributed by atoms with Gasteiger partial charge in [0.1, 0.15) is 16.7 Å². The first kappa shape index (κ1) is 15.9. The van der Waals surface area contributed by atoms with Crippen molar-refractivity contribution in [2.45, 2.75) is 37.2 Å². The molecule has 0 amide bonds. The fraction of sp³-hybridized carbons (Fsp3) is 0.312. The van der Waals surface area contributed by atoms with Crippen LogP contribution in [0.1, 0.15) is 23.7 Å². The van der Waals surface area contributed by atoms with E-state index < -0.39 is 11.6 Å². The standard InChI is InChI=1S/C16H18F2N2S/c1-4-19-9-12-7-13(17)16(14(18)8-12)21-15-6-10(2)5-11(3)20-15/h5-8,19H,4,9H2,1-3H3. The maximum absolute atomic E-state index is 14.1. The molecule has 0 aliphatic heterocycles. The van der Waals surface area contributed by atoms with Gasteiger partial charge >= 0.3 is 0 Å². The molecule has 2 nitrogen and oxygen atoms in total. The van der Waals surface area contributed by atoms with Crippen LogP contribution in [0.5, 0.6) is 0 Å². The maximum atomic E-state index is 14.1. The first-order valence-electron chi connectivity index (χ1n) is 6.81. The van der Waals surface area contributed by atoms with Crippen LogP contribution in [0.4, 0.5) is 8.78 Å². The first-order valence-corrected chi connectivity index (χ1v) is 7.63. The molecule has 0 fully saturated rings. The Bertz CT molecular complexity index is 601. The van der Waals surface area contributed by atoms with Crippen LogP contribution in [0.15, 0.2) is 34.2 Å². The number of rotatable bonds is 5. The summed E-state index contributed by atoms with van der Waals surface area (Å²) in [5, 5.41) is 3.65. The largest absolute Gasteiger partial charge is 0.313 e. The molecule has 2 aromatic rings. The second-order valence-electron chi connectivity index (χ2n) is 4.90. The van der Waals surface area contributed by atoms with Crippen molar-refractivity contribution in [3.05, 3.63) is 52.7 Å². The van der Waals surface area contributed by atoms with E-state index in [1.807, 2.05) is 32.9 Å². The Labute approximate surface area is 128 Å². The number of nitrogens with one attached hydrogen (secondary N) is 1. The van der Waals surface area contributed by atoms with Gasteiger partial charge in [0, 0.05) is 12.2 Å². The van der Waals surface area contributed by atoms with E-state index in [1.54, 1.807) is 0 Å². The molecule has 21 heavy (non-hydrogen) atoms. The highest BCUT2D eigenvalue weighted by Crippen LogP contribution is 2.32. The number of nitrogens with zero attached hydrogens (tertiary/aromatic N) is 1. The number of halogens is 2. The molecule has 2 rings (SSSR count). The van der Waals surface area contributed by atoms with Gasteiger partial charge < -0.3 is 5.32 Å². The fourth-order valence-corrected chi connectivity index (χ4v) is 3.00. The molecule has 5 heteroatoms. The molecule has 1 aromatic carbocycles. The summed E-state index contributed by atoms with van der Waals surface area (Å²) in [5.41, 5.74) is 2.46. The molecule has 0 saturated heterocycles. The molecular formula is C16H18F2N2S. The van der Waals surface area contributed by atoms with E-state index in [4.69, 9.17) is 0 Å². The van der Waals surface area contributed by atoms with Crippen molar-refractivity contribution in [1.82, 2.24) is 10.3 Å². The van der Waals surface area contributed by atoms with Gasteiger partial charge in [-0.2, -0.15) is 0 Å². The van der Waals surface area contributed by atoms with Gasteiger partial charge in [-0.3, -0.25) is 0 Å². The van der Waals surface area contributed by atoms with Crippen molar-refractivity contribution >= 4 is 11.8 Å². The highest BCUT2D eigenvalue weighted by atomic mass is 32.2. The van der Waals surface area contributed by atoms with Gasteiger partial charge in [0.25, 0.3) is 0 Å². The topological polar surface area (TPSA) is 24.9 Å². The summed E-state index contributed by atoms with van der Waals surface area (Å²) in [5.74, 6) is -1.09. The number of aryl methyl sites for hydroxylation is 2. The Kier molecular flexibility index (Phi) is 5.31. The van der Waals surface area contributed by atoms with Gasteiger partial charge in [-0.15, -0.1) is 0 Å². The van der Waals surface area contributed by atoms with Gasteiger partial charge in [-0.05, 0) is 55.8 Å². The molecule has 0 atom stereocenters. The average molecular weight is 308 g/mol. The lowest BCUT2D eigenvalue weighted by molar-refractivity contribution is 0.534. The number of hydrogen-bond acceptors (Lipinski definition) is 3. The van der Waals surface area contributed by atoms with E-state index >= 15 is 0 Å². The van der Waals surface area contributed by atoms with E-state index in [2.05, 4.69) is 10.3 Å². The summed E-state index contributed by atoms with van der Waals surface area (Å²) in [6, 6.07) is 6.49. The number of hydrogen-bond donors (Lipinski definition) is 1. The lowest BCUT2D eigenvalue weighted by atomic mass is 10.2. The van der Waals surface area contributed by atoms with Crippen LogP contribution in [0.3, 0.4) is 0 Å². The van der Waals surface area contributed by atoms with Gasteiger partial charge in [0.15, 0.2) is 0 Å². The second-order valence-corrected chi connectivity index (χ2v) is 5.93. The normalized spacial score (nSPS) is 10.9. The highest BCUT2D eigenvalue weighted by Gasteiger charge is 2.14. The molecule has 1 aromatic heterocycles. The molecule has 112 valence electrons. The predicted molar refractivity (Wildman–Crippen MR) is 81.6 cm³/mol. The minimum atomic E-state index is -0.547. The van der Waals surface area contributed by atoms with Crippen molar-refractivity contribution in [3.63, 3.8) is 0 Å². The maximum Gasteiger partial charge on any atom is 0.140 e. The zero-order valence-electron chi connectivity index (χ0n) is 12.3. The van der Waals surface area contributed by atoms with Crippen LogP contribution < -0.4 is 5.32 Å². The highest BCUT2D eigenvalue weighted by molar-refractivity contribution is 7.99. The molecular weight excluding hydrogens is 290 g/mol. The summed E-state index contributed by atoms with van der Waals surface area (Å²) < 4.78 is 28.2. The molecule has 1 heterocycles. The summed E-state index contributed by atoms with van der Waals surface area (Å²) >= 11 is 1.02. The smallest absolute Gasteiger partial charge is 0.140 e. The second kappa shape index (κ2) is 7.00. The van der Waals surface area contributed by atoms with Crippen LogP contribution in [0.25, 0.3) is 0 Å². The minimum absolute atomic E-state index is 0.00671. The van der Waals surface area contributed by atoms with Gasteiger partial charge in [0.2, 0.25) is 0 Å². The zero-order valence-corrected chi connectivity index (χ0v) is 13.2. The van der Waals surface area contributed by atoms with Crippen LogP contribution in [-0.2, 0) is 6.54 Å². The molecule has 0 aliphatic carbocycles. The van der Waals surface area contributed by atoms with Crippen molar-refractivity contribution in [3.8, 4) is 0 Å². The SMILES string of the molecule is CCNCc1cc(F)c(Sc2cc(C)cc(C)n2)c(F)c1. The molecule has 0 spiro atoms. The number of pyridine rings is 1. The van der Waals surface area contributed by atoms with E-state index in [-0.39, 0.29) is 4.90 Å². The lowest BCUT2D eigenvalue weighted by Gasteiger charge is -2.09. The Morgan fingerprint density at radius 3 is 2.33 bits per heavy atom.